The lowest BCUT2D eigenvalue weighted by molar-refractivity contribution is -0.116. The SMILES string of the molecule is CC(C)CC(=O)Nc1cccc(C#CCCO)c1. The minimum absolute atomic E-state index is 0.0190. The zero-order valence-electron chi connectivity index (χ0n) is 10.9. The van der Waals surface area contributed by atoms with Crippen LogP contribution in [0, 0.1) is 17.8 Å². The van der Waals surface area contributed by atoms with Gasteiger partial charge in [0.2, 0.25) is 5.91 Å². The van der Waals surface area contributed by atoms with Crippen molar-refractivity contribution in [3.8, 4) is 11.8 Å². The van der Waals surface area contributed by atoms with Gasteiger partial charge in [0.1, 0.15) is 0 Å². The molecule has 3 nitrogen and oxygen atoms in total. The number of carbonyl (C=O) groups excluding carboxylic acids is 1. The quantitative estimate of drug-likeness (QED) is 0.800. The highest BCUT2D eigenvalue weighted by atomic mass is 16.2. The molecule has 96 valence electrons. The molecule has 1 aromatic carbocycles. The molecule has 1 rings (SSSR count). The molecule has 0 atom stereocenters. The first-order valence-corrected chi connectivity index (χ1v) is 6.11. The molecule has 0 radical (unpaired) electrons. The van der Waals surface area contributed by atoms with Gasteiger partial charge in [-0.05, 0) is 24.1 Å². The van der Waals surface area contributed by atoms with E-state index in [1.807, 2.05) is 38.1 Å². The van der Waals surface area contributed by atoms with Crippen LogP contribution in [-0.4, -0.2) is 17.6 Å². The van der Waals surface area contributed by atoms with E-state index in [0.717, 1.165) is 11.3 Å². The standard InChI is InChI=1S/C15H19NO2/c1-12(2)10-15(18)16-14-8-5-7-13(11-14)6-3-4-9-17/h5,7-8,11-12,17H,4,9-10H2,1-2H3,(H,16,18). The van der Waals surface area contributed by atoms with Crippen LogP contribution in [0.1, 0.15) is 32.3 Å². The highest BCUT2D eigenvalue weighted by molar-refractivity contribution is 5.90. The number of aliphatic hydroxyl groups excluding tert-OH is 1. The third kappa shape index (κ3) is 5.51. The van der Waals surface area contributed by atoms with Crippen molar-refractivity contribution >= 4 is 11.6 Å². The van der Waals surface area contributed by atoms with E-state index in [1.54, 1.807) is 0 Å². The normalized spacial score (nSPS) is 9.78. The summed E-state index contributed by atoms with van der Waals surface area (Å²) >= 11 is 0. The van der Waals surface area contributed by atoms with E-state index in [0.29, 0.717) is 18.8 Å². The first kappa shape index (κ1) is 14.3. The van der Waals surface area contributed by atoms with Crippen molar-refractivity contribution in [1.29, 1.82) is 0 Å². The van der Waals surface area contributed by atoms with Gasteiger partial charge >= 0.3 is 0 Å². The maximum Gasteiger partial charge on any atom is 0.224 e. The molecule has 0 heterocycles. The largest absolute Gasteiger partial charge is 0.395 e. The van der Waals surface area contributed by atoms with Gasteiger partial charge in [0.15, 0.2) is 0 Å². The third-order valence-electron chi connectivity index (χ3n) is 2.21. The molecular weight excluding hydrogens is 226 g/mol. The summed E-state index contributed by atoms with van der Waals surface area (Å²) < 4.78 is 0. The number of nitrogens with one attached hydrogen (secondary N) is 1. The van der Waals surface area contributed by atoms with Crippen LogP contribution in [0.2, 0.25) is 0 Å². The van der Waals surface area contributed by atoms with Crippen LogP contribution >= 0.6 is 0 Å². The second-order valence-electron chi connectivity index (χ2n) is 4.50. The van der Waals surface area contributed by atoms with Crippen LogP contribution < -0.4 is 5.32 Å². The van der Waals surface area contributed by atoms with E-state index in [2.05, 4.69) is 17.2 Å². The number of aliphatic hydroxyl groups is 1. The van der Waals surface area contributed by atoms with Gasteiger partial charge in [-0.3, -0.25) is 4.79 Å². The maximum atomic E-state index is 11.6. The van der Waals surface area contributed by atoms with Crippen molar-refractivity contribution in [3.05, 3.63) is 29.8 Å². The number of amides is 1. The van der Waals surface area contributed by atoms with Crippen molar-refractivity contribution in [2.24, 2.45) is 5.92 Å². The Bertz CT molecular complexity index is 455. The Balaban J connectivity index is 2.65. The topological polar surface area (TPSA) is 49.3 Å². The summed E-state index contributed by atoms with van der Waals surface area (Å²) in [5.41, 5.74) is 1.60. The minimum Gasteiger partial charge on any atom is -0.395 e. The molecule has 1 aromatic rings. The summed E-state index contributed by atoms with van der Waals surface area (Å²) in [6, 6.07) is 7.41. The van der Waals surface area contributed by atoms with Crippen molar-refractivity contribution in [1.82, 2.24) is 0 Å². The molecule has 0 aliphatic heterocycles. The maximum absolute atomic E-state index is 11.6. The van der Waals surface area contributed by atoms with Crippen LogP contribution in [0.5, 0.6) is 0 Å². The number of rotatable bonds is 4. The molecule has 0 saturated carbocycles. The average Bonchev–Trinajstić information content (AvgIpc) is 2.28. The molecule has 0 saturated heterocycles. The lowest BCUT2D eigenvalue weighted by Gasteiger charge is -2.07. The van der Waals surface area contributed by atoms with Crippen LogP contribution in [-0.2, 0) is 4.79 Å². The molecule has 2 N–H and O–H groups in total. The van der Waals surface area contributed by atoms with Gasteiger partial charge in [-0.15, -0.1) is 0 Å². The Morgan fingerprint density at radius 1 is 1.44 bits per heavy atom. The lowest BCUT2D eigenvalue weighted by Crippen LogP contribution is -2.13. The van der Waals surface area contributed by atoms with Crippen LogP contribution in [0.4, 0.5) is 5.69 Å². The predicted molar refractivity (Wildman–Crippen MR) is 73.1 cm³/mol. The van der Waals surface area contributed by atoms with Gasteiger partial charge < -0.3 is 10.4 Å². The van der Waals surface area contributed by atoms with Crippen LogP contribution in [0.3, 0.4) is 0 Å². The van der Waals surface area contributed by atoms with Crippen molar-refractivity contribution in [3.63, 3.8) is 0 Å². The average molecular weight is 245 g/mol. The van der Waals surface area contributed by atoms with E-state index >= 15 is 0 Å². The summed E-state index contributed by atoms with van der Waals surface area (Å²) in [7, 11) is 0. The lowest BCUT2D eigenvalue weighted by atomic mass is 10.1. The summed E-state index contributed by atoms with van der Waals surface area (Å²) in [5.74, 6) is 6.15. The summed E-state index contributed by atoms with van der Waals surface area (Å²) in [6.07, 6.45) is 0.977. The molecular formula is C15H19NO2. The van der Waals surface area contributed by atoms with Gasteiger partial charge in [0, 0.05) is 24.1 Å². The molecule has 0 spiro atoms. The zero-order chi connectivity index (χ0) is 13.4. The second kappa shape index (κ2) is 7.52. The fourth-order valence-electron chi connectivity index (χ4n) is 1.48. The van der Waals surface area contributed by atoms with Crippen molar-refractivity contribution < 1.29 is 9.90 Å². The van der Waals surface area contributed by atoms with Gasteiger partial charge in [0.05, 0.1) is 6.61 Å². The van der Waals surface area contributed by atoms with Gasteiger partial charge in [-0.25, -0.2) is 0 Å². The summed E-state index contributed by atoms with van der Waals surface area (Å²) in [6.45, 7) is 4.09. The molecule has 0 aliphatic carbocycles. The molecule has 18 heavy (non-hydrogen) atoms. The van der Waals surface area contributed by atoms with Crippen LogP contribution in [0.25, 0.3) is 0 Å². The number of hydrogen-bond donors (Lipinski definition) is 2. The van der Waals surface area contributed by atoms with E-state index in [-0.39, 0.29) is 12.5 Å². The Morgan fingerprint density at radius 3 is 2.89 bits per heavy atom. The van der Waals surface area contributed by atoms with Gasteiger partial charge in [-0.1, -0.05) is 31.8 Å². The minimum atomic E-state index is 0.0190. The highest BCUT2D eigenvalue weighted by Crippen LogP contribution is 2.11. The van der Waals surface area contributed by atoms with Gasteiger partial charge in [-0.2, -0.15) is 0 Å². The van der Waals surface area contributed by atoms with Crippen molar-refractivity contribution in [2.75, 3.05) is 11.9 Å². The zero-order valence-corrected chi connectivity index (χ0v) is 10.9. The fraction of sp³-hybridized carbons (Fsp3) is 0.400. The first-order chi connectivity index (χ1) is 8.61. The van der Waals surface area contributed by atoms with E-state index < -0.39 is 0 Å². The highest BCUT2D eigenvalue weighted by Gasteiger charge is 2.04. The smallest absolute Gasteiger partial charge is 0.224 e. The summed E-state index contributed by atoms with van der Waals surface area (Å²) in [4.78, 5) is 11.6. The van der Waals surface area contributed by atoms with E-state index in [4.69, 9.17) is 5.11 Å². The molecule has 0 bridgehead atoms. The fourth-order valence-corrected chi connectivity index (χ4v) is 1.48. The molecule has 0 fully saturated rings. The second-order valence-corrected chi connectivity index (χ2v) is 4.50. The first-order valence-electron chi connectivity index (χ1n) is 6.11. The molecule has 0 unspecified atom stereocenters. The number of anilines is 1. The monoisotopic (exact) mass is 245 g/mol. The summed E-state index contributed by atoms with van der Waals surface area (Å²) in [5, 5.41) is 11.5. The molecule has 0 aromatic heterocycles. The van der Waals surface area contributed by atoms with E-state index in [1.165, 1.54) is 0 Å². The third-order valence-corrected chi connectivity index (χ3v) is 2.21. The molecule has 0 aliphatic rings. The number of carbonyl (C=O) groups is 1. The Hall–Kier alpha value is -1.79. The predicted octanol–water partition coefficient (Wildman–Crippen LogP) is 2.41. The Kier molecular flexibility index (Phi) is 5.96. The molecule has 1 amide bonds. The van der Waals surface area contributed by atoms with Gasteiger partial charge in [0.25, 0.3) is 0 Å². The number of benzene rings is 1. The molecule has 3 heteroatoms. The van der Waals surface area contributed by atoms with Crippen LogP contribution in [0.15, 0.2) is 24.3 Å². The van der Waals surface area contributed by atoms with Crippen molar-refractivity contribution in [2.45, 2.75) is 26.7 Å². The van der Waals surface area contributed by atoms with E-state index in [9.17, 15) is 4.79 Å². The number of hydrogen-bond acceptors (Lipinski definition) is 2. The Morgan fingerprint density at radius 2 is 2.22 bits per heavy atom. The Labute approximate surface area is 108 Å².